The van der Waals surface area contributed by atoms with Gasteiger partial charge in [-0.1, -0.05) is 0 Å². The number of nitrogens with one attached hydrogen (secondary N) is 1. The predicted octanol–water partition coefficient (Wildman–Crippen LogP) is 1.35. The molecular formula is C18H18FN3O3. The smallest absolute Gasteiger partial charge is 0.253 e. The van der Waals surface area contributed by atoms with Crippen molar-refractivity contribution in [1.82, 2.24) is 10.3 Å². The molecule has 2 aliphatic rings. The van der Waals surface area contributed by atoms with Gasteiger partial charge in [0, 0.05) is 31.9 Å². The van der Waals surface area contributed by atoms with Crippen LogP contribution in [0, 0.1) is 5.82 Å². The Bertz CT molecular complexity index is 801. The Morgan fingerprint density at radius 2 is 2.28 bits per heavy atom. The molecule has 7 heteroatoms. The second kappa shape index (κ2) is 6.00. The molecule has 6 nitrogen and oxygen atoms in total. The van der Waals surface area contributed by atoms with Gasteiger partial charge in [-0.05, 0) is 24.3 Å². The number of hydrogen-bond acceptors (Lipinski definition) is 5. The molecule has 1 saturated carbocycles. The second-order valence-corrected chi connectivity index (χ2v) is 6.42. The van der Waals surface area contributed by atoms with Crippen molar-refractivity contribution in [2.75, 3.05) is 11.9 Å². The van der Waals surface area contributed by atoms with Gasteiger partial charge in [0.25, 0.3) is 5.91 Å². The summed E-state index contributed by atoms with van der Waals surface area (Å²) in [6.45, 7) is 0. The van der Waals surface area contributed by atoms with Crippen molar-refractivity contribution < 1.29 is 19.0 Å². The van der Waals surface area contributed by atoms with Gasteiger partial charge in [0.15, 0.2) is 0 Å². The van der Waals surface area contributed by atoms with E-state index in [4.69, 9.17) is 4.74 Å². The van der Waals surface area contributed by atoms with Crippen molar-refractivity contribution in [3.8, 4) is 5.75 Å². The van der Waals surface area contributed by atoms with Crippen LogP contribution in [0.4, 0.5) is 10.1 Å². The first-order chi connectivity index (χ1) is 12.0. The summed E-state index contributed by atoms with van der Waals surface area (Å²) in [5, 5.41) is 13.6. The fraction of sp³-hybridized carbons (Fsp3) is 0.333. The fourth-order valence-corrected chi connectivity index (χ4v) is 3.67. The van der Waals surface area contributed by atoms with Crippen molar-refractivity contribution in [3.05, 3.63) is 54.1 Å². The number of ether oxygens (including phenoxy) is 1. The van der Waals surface area contributed by atoms with Crippen LogP contribution in [-0.2, 0) is 0 Å². The Labute approximate surface area is 144 Å². The summed E-state index contributed by atoms with van der Waals surface area (Å²) < 4.78 is 19.4. The molecule has 0 radical (unpaired) electrons. The number of pyridine rings is 1. The van der Waals surface area contributed by atoms with E-state index in [0.717, 1.165) is 5.69 Å². The highest BCUT2D eigenvalue weighted by Gasteiger charge is 2.49. The van der Waals surface area contributed by atoms with Gasteiger partial charge in [0.1, 0.15) is 17.7 Å². The van der Waals surface area contributed by atoms with Gasteiger partial charge < -0.3 is 20.1 Å². The first kappa shape index (κ1) is 15.8. The lowest BCUT2D eigenvalue weighted by Gasteiger charge is -2.39. The van der Waals surface area contributed by atoms with Crippen LogP contribution in [0.3, 0.4) is 0 Å². The standard InChI is InChI=1S/C18H18FN3O3/c1-22-13-5-4-11(19)7-14(13)25-15-8-12(17(23)16(15)22)21-18(24)10-3-2-6-20-9-10/h2-7,9,12,15-17,23H,8H2,1H3,(H,21,24)/t12-,15-,16-,17-/m1/s1. The first-order valence-corrected chi connectivity index (χ1v) is 8.12. The number of aliphatic hydroxyl groups is 1. The van der Waals surface area contributed by atoms with Gasteiger partial charge in [0.2, 0.25) is 0 Å². The lowest BCUT2D eigenvalue weighted by atomic mass is 10.1. The van der Waals surface area contributed by atoms with Crippen LogP contribution >= 0.6 is 0 Å². The molecule has 25 heavy (non-hydrogen) atoms. The molecule has 4 atom stereocenters. The van der Waals surface area contributed by atoms with Crippen molar-refractivity contribution in [3.63, 3.8) is 0 Å². The third-order valence-electron chi connectivity index (χ3n) is 4.90. The van der Waals surface area contributed by atoms with E-state index in [1.54, 1.807) is 24.4 Å². The number of halogens is 1. The maximum atomic E-state index is 13.5. The molecule has 4 rings (SSSR count). The van der Waals surface area contributed by atoms with Crippen LogP contribution in [0.5, 0.6) is 5.75 Å². The molecule has 1 fully saturated rings. The van der Waals surface area contributed by atoms with Gasteiger partial charge in [-0.2, -0.15) is 0 Å². The molecule has 2 heterocycles. The van der Waals surface area contributed by atoms with Crippen molar-refractivity contribution in [1.29, 1.82) is 0 Å². The molecule has 2 aromatic rings. The molecule has 0 saturated heterocycles. The highest BCUT2D eigenvalue weighted by atomic mass is 19.1. The van der Waals surface area contributed by atoms with Crippen LogP contribution in [0.25, 0.3) is 0 Å². The molecule has 1 aliphatic heterocycles. The summed E-state index contributed by atoms with van der Waals surface area (Å²) in [5.41, 5.74) is 1.16. The summed E-state index contributed by atoms with van der Waals surface area (Å²) >= 11 is 0. The number of aromatic nitrogens is 1. The average Bonchev–Trinajstić information content (AvgIpc) is 2.91. The number of fused-ring (bicyclic) bond motifs is 2. The Kier molecular flexibility index (Phi) is 3.80. The first-order valence-electron chi connectivity index (χ1n) is 8.12. The Morgan fingerprint density at radius 3 is 3.04 bits per heavy atom. The zero-order chi connectivity index (χ0) is 17.6. The Morgan fingerprint density at radius 1 is 1.44 bits per heavy atom. The van der Waals surface area contributed by atoms with Gasteiger partial charge in [-0.25, -0.2) is 4.39 Å². The third-order valence-corrected chi connectivity index (χ3v) is 4.90. The summed E-state index contributed by atoms with van der Waals surface area (Å²) in [4.78, 5) is 18.1. The van der Waals surface area contributed by atoms with Gasteiger partial charge >= 0.3 is 0 Å². The maximum Gasteiger partial charge on any atom is 0.253 e. The van der Waals surface area contributed by atoms with Crippen molar-refractivity contribution >= 4 is 11.6 Å². The topological polar surface area (TPSA) is 74.7 Å². The number of anilines is 1. The highest BCUT2D eigenvalue weighted by Crippen LogP contribution is 2.41. The molecular weight excluding hydrogens is 325 g/mol. The number of carbonyl (C=O) groups excluding carboxylic acids is 1. The SMILES string of the molecule is CN1c2ccc(F)cc2O[C@@H]2C[C@@H](NC(=O)c3cccnc3)[C@@H](O)[C@@H]21. The molecule has 0 spiro atoms. The highest BCUT2D eigenvalue weighted by molar-refractivity contribution is 5.94. The van der Waals surface area contributed by atoms with Gasteiger partial charge in [0.05, 0.1) is 29.4 Å². The van der Waals surface area contributed by atoms with Crippen LogP contribution in [0.15, 0.2) is 42.7 Å². The van der Waals surface area contributed by atoms with E-state index < -0.39 is 12.1 Å². The number of amides is 1. The zero-order valence-electron chi connectivity index (χ0n) is 13.6. The van der Waals surface area contributed by atoms with Crippen molar-refractivity contribution in [2.24, 2.45) is 0 Å². The summed E-state index contributed by atoms with van der Waals surface area (Å²) in [7, 11) is 1.84. The van der Waals surface area contributed by atoms with Gasteiger partial charge in [-0.15, -0.1) is 0 Å². The average molecular weight is 343 g/mol. The molecule has 1 aliphatic carbocycles. The maximum absolute atomic E-state index is 13.5. The second-order valence-electron chi connectivity index (χ2n) is 6.42. The number of hydrogen-bond donors (Lipinski definition) is 2. The number of aliphatic hydroxyl groups excluding tert-OH is 1. The molecule has 2 N–H and O–H groups in total. The lowest BCUT2D eigenvalue weighted by Crippen LogP contribution is -2.52. The lowest BCUT2D eigenvalue weighted by molar-refractivity contribution is 0.0826. The number of likely N-dealkylation sites (N-methyl/N-ethyl adjacent to an activating group) is 1. The minimum absolute atomic E-state index is 0.290. The molecule has 0 bridgehead atoms. The van der Waals surface area contributed by atoms with E-state index in [2.05, 4.69) is 10.3 Å². The van der Waals surface area contributed by atoms with E-state index in [0.29, 0.717) is 17.7 Å². The zero-order valence-corrected chi connectivity index (χ0v) is 13.6. The minimum Gasteiger partial charge on any atom is -0.486 e. The molecule has 0 unspecified atom stereocenters. The molecule has 1 aromatic carbocycles. The number of benzene rings is 1. The molecule has 130 valence electrons. The van der Waals surface area contributed by atoms with E-state index in [-0.39, 0.29) is 23.9 Å². The summed E-state index contributed by atoms with van der Waals surface area (Å²) in [6, 6.07) is 6.92. The van der Waals surface area contributed by atoms with Crippen molar-refractivity contribution in [2.45, 2.75) is 30.7 Å². The minimum atomic E-state index is -0.797. The Balaban J connectivity index is 1.54. The van der Waals surface area contributed by atoms with E-state index in [1.807, 2.05) is 11.9 Å². The molecule has 1 aromatic heterocycles. The van der Waals surface area contributed by atoms with E-state index in [1.165, 1.54) is 18.3 Å². The predicted molar refractivity (Wildman–Crippen MR) is 89.1 cm³/mol. The summed E-state index contributed by atoms with van der Waals surface area (Å²) in [6.07, 6.45) is 2.39. The van der Waals surface area contributed by atoms with Crippen LogP contribution in [-0.4, -0.2) is 47.3 Å². The van der Waals surface area contributed by atoms with Crippen LogP contribution in [0.2, 0.25) is 0 Å². The van der Waals surface area contributed by atoms with E-state index in [9.17, 15) is 14.3 Å². The summed E-state index contributed by atoms with van der Waals surface area (Å²) in [5.74, 6) is -0.206. The Hall–Kier alpha value is -2.67. The number of nitrogens with zero attached hydrogens (tertiary/aromatic N) is 2. The number of carbonyl (C=O) groups is 1. The fourth-order valence-electron chi connectivity index (χ4n) is 3.67. The quantitative estimate of drug-likeness (QED) is 0.861. The monoisotopic (exact) mass is 343 g/mol. The third kappa shape index (κ3) is 2.70. The van der Waals surface area contributed by atoms with Crippen LogP contribution < -0.4 is 15.0 Å². The molecule has 1 amide bonds. The number of rotatable bonds is 2. The van der Waals surface area contributed by atoms with Crippen LogP contribution in [0.1, 0.15) is 16.8 Å². The van der Waals surface area contributed by atoms with E-state index >= 15 is 0 Å². The largest absolute Gasteiger partial charge is 0.486 e. The van der Waals surface area contributed by atoms with Gasteiger partial charge in [-0.3, -0.25) is 9.78 Å². The normalized spacial score (nSPS) is 27.2.